The van der Waals surface area contributed by atoms with E-state index in [1.807, 2.05) is 0 Å². The Kier molecular flexibility index (Phi) is 4.55. The highest BCUT2D eigenvalue weighted by Crippen LogP contribution is 2.24. The van der Waals surface area contributed by atoms with Crippen molar-refractivity contribution in [1.29, 1.82) is 0 Å². The molecule has 20 heavy (non-hydrogen) atoms. The normalized spacial score (nSPS) is 16.6. The first-order chi connectivity index (χ1) is 9.58. The number of nitrogens with zero attached hydrogens (tertiary/aromatic N) is 1. The van der Waals surface area contributed by atoms with Crippen molar-refractivity contribution in [3.8, 4) is 0 Å². The van der Waals surface area contributed by atoms with Gasteiger partial charge in [0, 0.05) is 12.1 Å². The molecule has 1 fully saturated rings. The fourth-order valence-corrected chi connectivity index (χ4v) is 2.45. The van der Waals surface area contributed by atoms with E-state index >= 15 is 0 Å². The number of nitro benzene ring substituents is 1. The van der Waals surface area contributed by atoms with E-state index in [1.165, 1.54) is 6.07 Å². The number of rotatable bonds is 5. The third-order valence-corrected chi connectivity index (χ3v) is 3.57. The van der Waals surface area contributed by atoms with Crippen LogP contribution in [0.5, 0.6) is 0 Å². The first-order valence-corrected chi connectivity index (χ1v) is 6.88. The first-order valence-electron chi connectivity index (χ1n) is 6.88. The summed E-state index contributed by atoms with van der Waals surface area (Å²) >= 11 is 0. The summed E-state index contributed by atoms with van der Waals surface area (Å²) < 4.78 is 0. The monoisotopic (exact) mass is 277 g/mol. The molecule has 0 aromatic heterocycles. The van der Waals surface area contributed by atoms with E-state index in [0.29, 0.717) is 5.69 Å². The SMILES string of the molecule is CC(Nc1ccccc1[N+](=O)[O-])C(=O)NC1CCCC1. The molecule has 1 atom stereocenters. The first kappa shape index (κ1) is 14.3. The van der Waals surface area contributed by atoms with Crippen LogP contribution in [0, 0.1) is 10.1 Å². The third-order valence-electron chi connectivity index (χ3n) is 3.57. The number of amides is 1. The van der Waals surface area contributed by atoms with Gasteiger partial charge in [-0.25, -0.2) is 0 Å². The van der Waals surface area contributed by atoms with Crippen molar-refractivity contribution in [3.63, 3.8) is 0 Å². The van der Waals surface area contributed by atoms with E-state index in [0.717, 1.165) is 25.7 Å². The second-order valence-corrected chi connectivity index (χ2v) is 5.13. The van der Waals surface area contributed by atoms with Crippen LogP contribution in [-0.4, -0.2) is 22.9 Å². The molecule has 6 nitrogen and oxygen atoms in total. The predicted octanol–water partition coefficient (Wildman–Crippen LogP) is 2.45. The zero-order chi connectivity index (χ0) is 14.5. The topological polar surface area (TPSA) is 84.3 Å². The summed E-state index contributed by atoms with van der Waals surface area (Å²) in [6, 6.07) is 6.08. The summed E-state index contributed by atoms with van der Waals surface area (Å²) in [7, 11) is 0. The van der Waals surface area contributed by atoms with Gasteiger partial charge >= 0.3 is 0 Å². The van der Waals surface area contributed by atoms with Crippen LogP contribution in [0.4, 0.5) is 11.4 Å². The molecule has 0 spiro atoms. The van der Waals surface area contributed by atoms with E-state index in [-0.39, 0.29) is 17.6 Å². The van der Waals surface area contributed by atoms with Crippen molar-refractivity contribution >= 4 is 17.3 Å². The molecule has 2 rings (SSSR count). The maximum atomic E-state index is 12.0. The molecule has 0 aliphatic heterocycles. The lowest BCUT2D eigenvalue weighted by atomic mass is 10.2. The van der Waals surface area contributed by atoms with Crippen LogP contribution in [0.1, 0.15) is 32.6 Å². The van der Waals surface area contributed by atoms with Crippen molar-refractivity contribution in [2.45, 2.75) is 44.7 Å². The molecule has 1 aliphatic carbocycles. The van der Waals surface area contributed by atoms with Crippen molar-refractivity contribution in [2.24, 2.45) is 0 Å². The highest BCUT2D eigenvalue weighted by atomic mass is 16.6. The molecule has 1 aromatic rings. The summed E-state index contributed by atoms with van der Waals surface area (Å²) in [6.45, 7) is 1.71. The van der Waals surface area contributed by atoms with Gasteiger partial charge in [0.05, 0.1) is 4.92 Å². The second kappa shape index (κ2) is 6.36. The van der Waals surface area contributed by atoms with Gasteiger partial charge in [-0.1, -0.05) is 25.0 Å². The van der Waals surface area contributed by atoms with Crippen LogP contribution >= 0.6 is 0 Å². The molecule has 1 aliphatic rings. The number of benzene rings is 1. The Hall–Kier alpha value is -2.11. The highest BCUT2D eigenvalue weighted by molar-refractivity contribution is 5.85. The molecular formula is C14H19N3O3. The van der Waals surface area contributed by atoms with Gasteiger partial charge in [-0.15, -0.1) is 0 Å². The second-order valence-electron chi connectivity index (χ2n) is 5.13. The number of hydrogen-bond donors (Lipinski definition) is 2. The molecular weight excluding hydrogens is 258 g/mol. The maximum Gasteiger partial charge on any atom is 0.292 e. The summed E-state index contributed by atoms with van der Waals surface area (Å²) in [5.74, 6) is -0.116. The molecule has 1 amide bonds. The zero-order valence-electron chi connectivity index (χ0n) is 11.5. The highest BCUT2D eigenvalue weighted by Gasteiger charge is 2.22. The van der Waals surface area contributed by atoms with E-state index in [4.69, 9.17) is 0 Å². The van der Waals surface area contributed by atoms with Crippen molar-refractivity contribution in [1.82, 2.24) is 5.32 Å². The number of anilines is 1. The van der Waals surface area contributed by atoms with Gasteiger partial charge < -0.3 is 10.6 Å². The lowest BCUT2D eigenvalue weighted by Gasteiger charge is -2.18. The number of nitrogens with one attached hydrogen (secondary N) is 2. The third kappa shape index (κ3) is 3.46. The van der Waals surface area contributed by atoms with Crippen LogP contribution in [-0.2, 0) is 4.79 Å². The van der Waals surface area contributed by atoms with E-state index in [2.05, 4.69) is 10.6 Å². The maximum absolute atomic E-state index is 12.0. The number of carbonyl (C=O) groups is 1. The summed E-state index contributed by atoms with van der Waals surface area (Å²) in [5.41, 5.74) is 0.347. The summed E-state index contributed by atoms with van der Waals surface area (Å²) in [4.78, 5) is 22.5. The zero-order valence-corrected chi connectivity index (χ0v) is 11.5. The van der Waals surface area contributed by atoms with Crippen molar-refractivity contribution < 1.29 is 9.72 Å². The minimum Gasteiger partial charge on any atom is -0.368 e. The molecule has 0 saturated heterocycles. The average molecular weight is 277 g/mol. The van der Waals surface area contributed by atoms with Gasteiger partial charge in [0.25, 0.3) is 5.69 Å². The lowest BCUT2D eigenvalue weighted by Crippen LogP contribution is -2.42. The largest absolute Gasteiger partial charge is 0.368 e. The summed E-state index contributed by atoms with van der Waals surface area (Å²) in [5, 5.41) is 16.8. The van der Waals surface area contributed by atoms with Gasteiger partial charge in [-0.3, -0.25) is 14.9 Å². The minimum atomic E-state index is -0.503. The molecule has 1 saturated carbocycles. The van der Waals surface area contributed by atoms with Gasteiger partial charge in [-0.05, 0) is 25.8 Å². The van der Waals surface area contributed by atoms with Crippen LogP contribution < -0.4 is 10.6 Å². The Balaban J connectivity index is 1.98. The molecule has 0 radical (unpaired) electrons. The smallest absolute Gasteiger partial charge is 0.292 e. The molecule has 108 valence electrons. The predicted molar refractivity (Wildman–Crippen MR) is 76.6 cm³/mol. The average Bonchev–Trinajstić information content (AvgIpc) is 2.91. The fourth-order valence-electron chi connectivity index (χ4n) is 2.45. The molecule has 2 N–H and O–H groups in total. The van der Waals surface area contributed by atoms with Gasteiger partial charge in [0.2, 0.25) is 5.91 Å². The van der Waals surface area contributed by atoms with Crippen molar-refractivity contribution in [3.05, 3.63) is 34.4 Å². The molecule has 0 heterocycles. The van der Waals surface area contributed by atoms with Crippen LogP contribution in [0.2, 0.25) is 0 Å². The quantitative estimate of drug-likeness (QED) is 0.639. The molecule has 0 bridgehead atoms. The molecule has 1 unspecified atom stereocenters. The van der Waals surface area contributed by atoms with Gasteiger partial charge in [0.15, 0.2) is 0 Å². The minimum absolute atomic E-state index is 0.0204. The van der Waals surface area contributed by atoms with Gasteiger partial charge in [0.1, 0.15) is 11.7 Å². The van der Waals surface area contributed by atoms with Gasteiger partial charge in [-0.2, -0.15) is 0 Å². The Morgan fingerprint density at radius 2 is 2.00 bits per heavy atom. The number of carbonyl (C=O) groups excluding carboxylic acids is 1. The Morgan fingerprint density at radius 3 is 2.65 bits per heavy atom. The Labute approximate surface area is 117 Å². The van der Waals surface area contributed by atoms with Crippen LogP contribution in [0.3, 0.4) is 0 Å². The van der Waals surface area contributed by atoms with E-state index < -0.39 is 11.0 Å². The summed E-state index contributed by atoms with van der Waals surface area (Å²) in [6.07, 6.45) is 4.34. The Bertz CT molecular complexity index is 498. The van der Waals surface area contributed by atoms with Crippen LogP contribution in [0.15, 0.2) is 24.3 Å². The fraction of sp³-hybridized carbons (Fsp3) is 0.500. The number of para-hydroxylation sites is 2. The van der Waals surface area contributed by atoms with Crippen LogP contribution in [0.25, 0.3) is 0 Å². The lowest BCUT2D eigenvalue weighted by molar-refractivity contribution is -0.384. The Morgan fingerprint density at radius 1 is 1.35 bits per heavy atom. The number of hydrogen-bond acceptors (Lipinski definition) is 4. The van der Waals surface area contributed by atoms with Crippen molar-refractivity contribution in [2.75, 3.05) is 5.32 Å². The van der Waals surface area contributed by atoms with E-state index in [1.54, 1.807) is 25.1 Å². The standard InChI is InChI=1S/C14H19N3O3/c1-10(14(18)16-11-6-2-3-7-11)15-12-8-4-5-9-13(12)17(19)20/h4-5,8-11,15H,2-3,6-7H2,1H3,(H,16,18). The van der Waals surface area contributed by atoms with E-state index in [9.17, 15) is 14.9 Å². The molecule has 1 aromatic carbocycles. The molecule has 6 heteroatoms. The number of nitro groups is 1.